The third-order valence-electron chi connectivity index (χ3n) is 4.09. The van der Waals surface area contributed by atoms with Crippen LogP contribution in [-0.4, -0.2) is 40.0 Å². The van der Waals surface area contributed by atoms with E-state index in [4.69, 9.17) is 4.74 Å². The smallest absolute Gasteiger partial charge is 0.254 e. The number of fused-ring (bicyclic) bond motifs is 1. The number of H-pyrrole nitrogens is 1. The summed E-state index contributed by atoms with van der Waals surface area (Å²) in [6.07, 6.45) is 1.89. The number of rotatable bonds is 3. The van der Waals surface area contributed by atoms with Crippen LogP contribution in [-0.2, 0) is 0 Å². The Balaban J connectivity index is 1.40. The third kappa shape index (κ3) is 2.65. The summed E-state index contributed by atoms with van der Waals surface area (Å²) >= 11 is 0. The molecule has 116 valence electrons. The highest BCUT2D eigenvalue weighted by Gasteiger charge is 2.33. The molecule has 23 heavy (non-hydrogen) atoms. The number of hydrogen-bond donors (Lipinski definition) is 1. The van der Waals surface area contributed by atoms with Crippen molar-refractivity contribution in [3.05, 3.63) is 59.9 Å². The van der Waals surface area contributed by atoms with Crippen molar-refractivity contribution >= 4 is 16.8 Å². The van der Waals surface area contributed by atoms with E-state index in [2.05, 4.69) is 9.97 Å². The van der Waals surface area contributed by atoms with Crippen LogP contribution in [0.2, 0.25) is 0 Å². The van der Waals surface area contributed by atoms with Crippen LogP contribution in [0.4, 0.5) is 0 Å². The number of nitrogens with one attached hydrogen (secondary N) is 1. The van der Waals surface area contributed by atoms with E-state index in [1.165, 1.54) is 0 Å². The van der Waals surface area contributed by atoms with Crippen molar-refractivity contribution < 1.29 is 9.53 Å². The molecule has 1 amide bonds. The average Bonchev–Trinajstić information content (AvgIpc) is 2.97. The number of carbonyl (C=O) groups excluding carboxylic acids is 1. The fourth-order valence-electron chi connectivity index (χ4n) is 2.80. The van der Waals surface area contributed by atoms with E-state index in [-0.39, 0.29) is 12.0 Å². The van der Waals surface area contributed by atoms with Gasteiger partial charge in [-0.1, -0.05) is 6.07 Å². The maximum Gasteiger partial charge on any atom is 0.254 e. The Morgan fingerprint density at radius 3 is 2.96 bits per heavy atom. The summed E-state index contributed by atoms with van der Waals surface area (Å²) in [5.74, 6) is 0.668. The predicted molar refractivity (Wildman–Crippen MR) is 87.6 cm³/mol. The first kappa shape index (κ1) is 13.8. The zero-order valence-electron chi connectivity index (χ0n) is 12.8. The van der Waals surface area contributed by atoms with Crippen LogP contribution < -0.4 is 4.74 Å². The number of aromatic amines is 1. The molecule has 0 aliphatic carbocycles. The molecule has 0 saturated carbocycles. The molecule has 1 aliphatic heterocycles. The van der Waals surface area contributed by atoms with Crippen molar-refractivity contribution in [2.75, 3.05) is 13.1 Å². The topological polar surface area (TPSA) is 58.2 Å². The molecule has 1 aliphatic rings. The minimum atomic E-state index is 0.0178. The number of aromatic nitrogens is 2. The lowest BCUT2D eigenvalue weighted by Crippen LogP contribution is -2.56. The van der Waals surface area contributed by atoms with Gasteiger partial charge < -0.3 is 14.6 Å². The van der Waals surface area contributed by atoms with Gasteiger partial charge in [-0.05, 0) is 37.3 Å². The SMILES string of the molecule is Cc1cccc(OC2CN(C(=O)c3ccc4[nH]ccc4c3)C2)n1. The Kier molecular flexibility index (Phi) is 3.26. The van der Waals surface area contributed by atoms with E-state index in [1.807, 2.05) is 55.6 Å². The van der Waals surface area contributed by atoms with Gasteiger partial charge in [-0.2, -0.15) is 0 Å². The monoisotopic (exact) mass is 307 g/mol. The highest BCUT2D eigenvalue weighted by Crippen LogP contribution is 2.21. The maximum atomic E-state index is 12.5. The molecule has 1 N–H and O–H groups in total. The van der Waals surface area contributed by atoms with Gasteiger partial charge in [-0.3, -0.25) is 4.79 Å². The highest BCUT2D eigenvalue weighted by molar-refractivity contribution is 5.98. The Hall–Kier alpha value is -2.82. The van der Waals surface area contributed by atoms with Crippen molar-refractivity contribution in [3.8, 4) is 5.88 Å². The summed E-state index contributed by atoms with van der Waals surface area (Å²) in [5, 5.41) is 1.05. The Labute approximate surface area is 133 Å². The van der Waals surface area contributed by atoms with Gasteiger partial charge in [0, 0.05) is 34.4 Å². The molecule has 3 heterocycles. The van der Waals surface area contributed by atoms with Gasteiger partial charge in [0.05, 0.1) is 13.1 Å². The molecule has 0 unspecified atom stereocenters. The highest BCUT2D eigenvalue weighted by atomic mass is 16.5. The predicted octanol–water partition coefficient (Wildman–Crippen LogP) is 2.77. The van der Waals surface area contributed by atoms with Crippen molar-refractivity contribution in [3.63, 3.8) is 0 Å². The van der Waals surface area contributed by atoms with Gasteiger partial charge in [-0.25, -0.2) is 4.98 Å². The van der Waals surface area contributed by atoms with Gasteiger partial charge in [0.15, 0.2) is 0 Å². The summed E-state index contributed by atoms with van der Waals surface area (Å²) in [5.41, 5.74) is 2.68. The molecule has 1 saturated heterocycles. The molecule has 1 aromatic carbocycles. The van der Waals surface area contributed by atoms with Crippen molar-refractivity contribution in [1.82, 2.24) is 14.9 Å². The zero-order valence-corrected chi connectivity index (χ0v) is 12.8. The van der Waals surface area contributed by atoms with Gasteiger partial charge in [0.2, 0.25) is 5.88 Å². The van der Waals surface area contributed by atoms with E-state index >= 15 is 0 Å². The van der Waals surface area contributed by atoms with Crippen LogP contribution in [0.25, 0.3) is 10.9 Å². The fraction of sp³-hybridized carbons (Fsp3) is 0.222. The molecule has 0 radical (unpaired) electrons. The van der Waals surface area contributed by atoms with Crippen LogP contribution in [0.5, 0.6) is 5.88 Å². The van der Waals surface area contributed by atoms with Crippen LogP contribution in [0, 0.1) is 6.92 Å². The van der Waals surface area contributed by atoms with E-state index in [9.17, 15) is 4.79 Å². The second-order valence-electron chi connectivity index (χ2n) is 5.85. The number of likely N-dealkylation sites (tertiary alicyclic amines) is 1. The quantitative estimate of drug-likeness (QED) is 0.809. The first-order valence-corrected chi connectivity index (χ1v) is 7.66. The van der Waals surface area contributed by atoms with Gasteiger partial charge in [0.25, 0.3) is 5.91 Å². The van der Waals surface area contributed by atoms with Crippen molar-refractivity contribution in [2.24, 2.45) is 0 Å². The number of ether oxygens (including phenoxy) is 1. The van der Waals surface area contributed by atoms with Crippen molar-refractivity contribution in [1.29, 1.82) is 0 Å². The number of aryl methyl sites for hydroxylation is 1. The molecule has 0 bridgehead atoms. The second kappa shape index (κ2) is 5.43. The van der Waals surface area contributed by atoms with Crippen molar-refractivity contribution in [2.45, 2.75) is 13.0 Å². The van der Waals surface area contributed by atoms with Gasteiger partial charge in [-0.15, -0.1) is 0 Å². The molecule has 3 aromatic rings. The lowest BCUT2D eigenvalue weighted by atomic mass is 10.1. The number of benzene rings is 1. The Morgan fingerprint density at radius 2 is 2.13 bits per heavy atom. The van der Waals surface area contributed by atoms with E-state index in [1.54, 1.807) is 4.90 Å². The average molecular weight is 307 g/mol. The van der Waals surface area contributed by atoms with E-state index in [0.29, 0.717) is 24.5 Å². The Bertz CT molecular complexity index is 865. The molecule has 0 spiro atoms. The number of nitrogens with zero attached hydrogens (tertiary/aromatic N) is 2. The number of amides is 1. The summed E-state index contributed by atoms with van der Waals surface area (Å²) in [6.45, 7) is 3.12. The Morgan fingerprint density at radius 1 is 1.26 bits per heavy atom. The standard InChI is InChI=1S/C18H17N3O2/c1-12-3-2-4-17(20-12)23-15-10-21(11-15)18(22)14-5-6-16-13(9-14)7-8-19-16/h2-9,15,19H,10-11H2,1H3. The van der Waals surface area contributed by atoms with Crippen LogP contribution in [0.3, 0.4) is 0 Å². The first-order chi connectivity index (χ1) is 11.2. The van der Waals surface area contributed by atoms with Crippen LogP contribution >= 0.6 is 0 Å². The third-order valence-corrected chi connectivity index (χ3v) is 4.09. The normalized spacial score (nSPS) is 14.7. The molecule has 5 nitrogen and oxygen atoms in total. The zero-order chi connectivity index (χ0) is 15.8. The number of pyridine rings is 1. The lowest BCUT2D eigenvalue weighted by Gasteiger charge is -2.38. The summed E-state index contributed by atoms with van der Waals surface area (Å²) < 4.78 is 5.80. The first-order valence-electron chi connectivity index (χ1n) is 7.66. The van der Waals surface area contributed by atoms with E-state index in [0.717, 1.165) is 16.6 Å². The number of hydrogen-bond acceptors (Lipinski definition) is 3. The molecule has 5 heteroatoms. The molecule has 1 fully saturated rings. The minimum absolute atomic E-state index is 0.0178. The second-order valence-corrected chi connectivity index (χ2v) is 5.85. The van der Waals surface area contributed by atoms with E-state index < -0.39 is 0 Å². The summed E-state index contributed by atoms with van der Waals surface area (Å²) in [6, 6.07) is 13.4. The van der Waals surface area contributed by atoms with Gasteiger partial charge in [0.1, 0.15) is 6.10 Å². The maximum absolute atomic E-state index is 12.5. The lowest BCUT2D eigenvalue weighted by molar-refractivity contribution is 0.0159. The molecule has 4 rings (SSSR count). The summed E-state index contributed by atoms with van der Waals surface area (Å²) in [4.78, 5) is 21.7. The van der Waals surface area contributed by atoms with Gasteiger partial charge >= 0.3 is 0 Å². The largest absolute Gasteiger partial charge is 0.471 e. The summed E-state index contributed by atoms with van der Waals surface area (Å²) in [7, 11) is 0. The molecular formula is C18H17N3O2. The fourth-order valence-corrected chi connectivity index (χ4v) is 2.80. The minimum Gasteiger partial charge on any atom is -0.471 e. The molecule has 0 atom stereocenters. The van der Waals surface area contributed by atoms with Crippen LogP contribution in [0.15, 0.2) is 48.7 Å². The number of carbonyl (C=O) groups is 1. The molecular weight excluding hydrogens is 290 g/mol. The van der Waals surface area contributed by atoms with Crippen LogP contribution in [0.1, 0.15) is 16.1 Å². The molecule has 2 aromatic heterocycles.